The van der Waals surface area contributed by atoms with E-state index in [2.05, 4.69) is 16.4 Å². The summed E-state index contributed by atoms with van der Waals surface area (Å²) in [6.07, 6.45) is 2.65. The van der Waals surface area contributed by atoms with Gasteiger partial charge in [0.05, 0.1) is 39.4 Å². The number of aromatic nitrogens is 1. The van der Waals surface area contributed by atoms with E-state index in [1.807, 2.05) is 30.3 Å². The van der Waals surface area contributed by atoms with Crippen molar-refractivity contribution in [1.82, 2.24) is 10.3 Å². The number of rotatable bonds is 7. The van der Waals surface area contributed by atoms with Crippen LogP contribution in [0.3, 0.4) is 0 Å². The number of ether oxygens (including phenoxy) is 4. The lowest BCUT2D eigenvalue weighted by Crippen LogP contribution is -2.56. The lowest BCUT2D eigenvalue weighted by Gasteiger charge is -2.35. The Morgan fingerprint density at radius 3 is 2.48 bits per heavy atom. The number of hydrogen-bond acceptors (Lipinski definition) is 8. The lowest BCUT2D eigenvalue weighted by molar-refractivity contribution is -0.121. The predicted molar refractivity (Wildman–Crippen MR) is 186 cm³/mol. The van der Waals surface area contributed by atoms with Gasteiger partial charge in [-0.3, -0.25) is 14.4 Å². The van der Waals surface area contributed by atoms with Gasteiger partial charge in [-0.05, 0) is 55.2 Å². The van der Waals surface area contributed by atoms with Gasteiger partial charge in [0.1, 0.15) is 39.4 Å². The van der Waals surface area contributed by atoms with E-state index in [1.54, 1.807) is 26.2 Å². The minimum Gasteiger partial charge on any atom is -0.497 e. The molecule has 3 aliphatic rings. The van der Waals surface area contributed by atoms with Gasteiger partial charge in [-0.15, -0.1) is 0 Å². The number of H-pyrrole nitrogens is 1. The zero-order valence-corrected chi connectivity index (χ0v) is 28.8. The smallest absolute Gasteiger partial charge is 0.237 e. The van der Waals surface area contributed by atoms with Crippen LogP contribution in [0.2, 0.25) is 5.02 Å². The highest BCUT2D eigenvalue weighted by atomic mass is 35.5. The first-order chi connectivity index (χ1) is 24.2. The Kier molecular flexibility index (Phi) is 7.67. The molecule has 1 unspecified atom stereocenters. The number of aromatic amines is 1. The van der Waals surface area contributed by atoms with Crippen LogP contribution in [0, 0.1) is 5.92 Å². The van der Waals surface area contributed by atoms with E-state index >= 15 is 0 Å². The number of furan rings is 1. The molecular formula is C39H35ClN2O8. The summed E-state index contributed by atoms with van der Waals surface area (Å²) in [4.78, 5) is 46.9. The number of fused-ring (bicyclic) bond motifs is 5. The number of para-hydroxylation sites is 1. The number of hydrogen-bond donors (Lipinski definition) is 2. The number of carbonyl (C=O) groups is 3. The van der Waals surface area contributed by atoms with Crippen LogP contribution in [-0.2, 0) is 24.1 Å². The van der Waals surface area contributed by atoms with Crippen LogP contribution in [0.1, 0.15) is 69.1 Å². The van der Waals surface area contributed by atoms with Crippen LogP contribution in [0.5, 0.6) is 23.0 Å². The zero-order chi connectivity index (χ0) is 34.9. The first kappa shape index (κ1) is 32.0. The van der Waals surface area contributed by atoms with Crippen LogP contribution in [0.4, 0.5) is 0 Å². The molecule has 1 amide bonds. The second-order valence-corrected chi connectivity index (χ2v) is 13.5. The van der Waals surface area contributed by atoms with Crippen LogP contribution in [-0.4, -0.2) is 49.4 Å². The molecule has 50 heavy (non-hydrogen) atoms. The van der Waals surface area contributed by atoms with Crippen molar-refractivity contribution in [3.8, 4) is 34.3 Å². The van der Waals surface area contributed by atoms with Crippen LogP contribution < -0.4 is 24.3 Å². The van der Waals surface area contributed by atoms with Gasteiger partial charge in [0.15, 0.2) is 5.75 Å². The Bertz CT molecular complexity index is 2220. The third kappa shape index (κ3) is 4.65. The summed E-state index contributed by atoms with van der Waals surface area (Å²) in [5.74, 6) is -0.217. The fourth-order valence-electron chi connectivity index (χ4n) is 7.94. The molecular weight excluding hydrogens is 660 g/mol. The molecule has 8 rings (SSSR count). The number of nitrogens with one attached hydrogen (secondary N) is 2. The number of halogens is 1. The fourth-order valence-corrected chi connectivity index (χ4v) is 8.21. The molecule has 2 aliphatic carbocycles. The first-order valence-corrected chi connectivity index (χ1v) is 17.0. The molecule has 11 heteroatoms. The molecule has 3 aromatic carbocycles. The van der Waals surface area contributed by atoms with Gasteiger partial charge in [0, 0.05) is 46.1 Å². The van der Waals surface area contributed by atoms with Crippen LogP contribution in [0.15, 0.2) is 59.0 Å². The largest absolute Gasteiger partial charge is 0.497 e. The second-order valence-electron chi connectivity index (χ2n) is 13.1. The summed E-state index contributed by atoms with van der Waals surface area (Å²) in [5.41, 5.74) is 2.58. The van der Waals surface area contributed by atoms with Gasteiger partial charge >= 0.3 is 0 Å². The number of amides is 1. The van der Waals surface area contributed by atoms with Crippen molar-refractivity contribution in [1.29, 1.82) is 0 Å². The number of Topliss-reactive ketones (excluding diaryl/α,β-unsaturated/α-hetero) is 2. The number of aryl methyl sites for hydroxylation is 1. The highest BCUT2D eigenvalue weighted by molar-refractivity contribution is 6.36. The van der Waals surface area contributed by atoms with E-state index in [-0.39, 0.29) is 58.2 Å². The van der Waals surface area contributed by atoms with Crippen molar-refractivity contribution in [2.45, 2.75) is 50.7 Å². The number of ketones is 2. The Morgan fingerprint density at radius 1 is 1.00 bits per heavy atom. The molecule has 0 radical (unpaired) electrons. The van der Waals surface area contributed by atoms with Crippen molar-refractivity contribution in [3.63, 3.8) is 0 Å². The van der Waals surface area contributed by atoms with Crippen molar-refractivity contribution >= 4 is 40.0 Å². The predicted octanol–water partition coefficient (Wildman–Crippen LogP) is 7.23. The van der Waals surface area contributed by atoms with Gasteiger partial charge in [0.2, 0.25) is 23.1 Å². The van der Waals surface area contributed by atoms with E-state index in [1.165, 1.54) is 25.8 Å². The van der Waals surface area contributed by atoms with Gasteiger partial charge in [-0.2, -0.15) is 0 Å². The maximum atomic E-state index is 14.9. The molecule has 2 aromatic heterocycles. The fraction of sp³-hybridized carbons (Fsp3) is 0.308. The molecule has 256 valence electrons. The minimum atomic E-state index is -1.95. The van der Waals surface area contributed by atoms with Crippen molar-refractivity contribution in [3.05, 3.63) is 93.3 Å². The SMILES string of the molecule is COc1ccc(-c2oc3c(c2CC(=O)NC2CCCc4c2[nH]c2ccccc42)C(=O)[C@@]2(Oc4c(Cl)c(OC)cc(OC)c4C2=O)[C@H](C)C3)cc1. The van der Waals surface area contributed by atoms with Gasteiger partial charge in [-0.1, -0.05) is 36.7 Å². The van der Waals surface area contributed by atoms with Crippen molar-refractivity contribution in [2.75, 3.05) is 21.3 Å². The van der Waals surface area contributed by atoms with Crippen LogP contribution in [0.25, 0.3) is 22.2 Å². The molecule has 5 aromatic rings. The van der Waals surface area contributed by atoms with Crippen molar-refractivity contribution < 1.29 is 37.7 Å². The van der Waals surface area contributed by atoms with Gasteiger partial charge in [0.25, 0.3) is 0 Å². The zero-order valence-electron chi connectivity index (χ0n) is 28.0. The second kappa shape index (κ2) is 12.0. The third-order valence-electron chi connectivity index (χ3n) is 10.4. The Labute approximate surface area is 293 Å². The van der Waals surface area contributed by atoms with E-state index < -0.39 is 23.1 Å². The summed E-state index contributed by atoms with van der Waals surface area (Å²) >= 11 is 6.66. The standard InChI is InChI=1S/C39H35ClN2O8/c1-19-16-28-31(37(44)39(19)38(45)32-27(47-3)18-29(48-4)33(40)36(32)50-39)24(35(49-28)20-12-14-21(46-2)15-13-20)17-30(43)41-26-11-7-9-23-22-8-5-6-10-25(22)42-34(23)26/h5-6,8,10,12-15,18-19,26,42H,7,9,11,16-17H2,1-4H3,(H,41,43)/t19-,26?,39+/m1/s1. The summed E-state index contributed by atoms with van der Waals surface area (Å²) in [6.45, 7) is 1.77. The van der Waals surface area contributed by atoms with Crippen LogP contribution >= 0.6 is 11.6 Å². The maximum Gasteiger partial charge on any atom is 0.237 e. The molecule has 0 fully saturated rings. The summed E-state index contributed by atoms with van der Waals surface area (Å²) < 4.78 is 29.2. The highest BCUT2D eigenvalue weighted by Gasteiger charge is 2.63. The van der Waals surface area contributed by atoms with E-state index in [9.17, 15) is 14.4 Å². The summed E-state index contributed by atoms with van der Waals surface area (Å²) in [7, 11) is 4.44. The van der Waals surface area contributed by atoms with E-state index in [0.29, 0.717) is 28.4 Å². The Morgan fingerprint density at radius 2 is 1.74 bits per heavy atom. The normalized spacial score (nSPS) is 20.7. The van der Waals surface area contributed by atoms with Crippen molar-refractivity contribution in [2.24, 2.45) is 5.92 Å². The summed E-state index contributed by atoms with van der Waals surface area (Å²) in [5, 5.41) is 4.46. The topological polar surface area (TPSA) is 129 Å². The Hall–Kier alpha value is -5.22. The minimum absolute atomic E-state index is 0.0288. The molecule has 10 nitrogen and oxygen atoms in total. The average molecular weight is 695 g/mol. The number of carbonyl (C=O) groups excluding carboxylic acids is 3. The summed E-state index contributed by atoms with van der Waals surface area (Å²) in [6, 6.07) is 16.6. The lowest BCUT2D eigenvalue weighted by atomic mass is 9.70. The molecule has 0 saturated heterocycles. The quantitative estimate of drug-likeness (QED) is 0.171. The first-order valence-electron chi connectivity index (χ1n) is 16.6. The average Bonchev–Trinajstić information content (AvgIpc) is 3.79. The van der Waals surface area contributed by atoms with Gasteiger partial charge in [-0.25, -0.2) is 0 Å². The monoisotopic (exact) mass is 694 g/mol. The molecule has 0 saturated carbocycles. The molecule has 3 atom stereocenters. The third-order valence-corrected chi connectivity index (χ3v) is 10.7. The van der Waals surface area contributed by atoms with Gasteiger partial charge < -0.3 is 33.7 Å². The molecule has 1 aliphatic heterocycles. The molecule has 3 heterocycles. The van der Waals surface area contributed by atoms with E-state index in [0.717, 1.165) is 35.9 Å². The number of benzene rings is 3. The highest BCUT2D eigenvalue weighted by Crippen LogP contribution is 2.54. The molecule has 0 bridgehead atoms. The molecule has 2 N–H and O–H groups in total. The Balaban J connectivity index is 1.20. The maximum absolute atomic E-state index is 14.9. The van der Waals surface area contributed by atoms with E-state index in [4.69, 9.17) is 35.0 Å². The number of methoxy groups -OCH3 is 3. The molecule has 1 spiro atoms.